The van der Waals surface area contributed by atoms with Gasteiger partial charge in [-0.05, 0) is 54.3 Å². The summed E-state index contributed by atoms with van der Waals surface area (Å²) in [6.07, 6.45) is 1.04. The average Bonchev–Trinajstić information content (AvgIpc) is 2.37. The van der Waals surface area contributed by atoms with Crippen LogP contribution in [0.4, 0.5) is 0 Å². The molecule has 2 rings (SSSR count). The van der Waals surface area contributed by atoms with E-state index in [0.29, 0.717) is 5.92 Å². The fraction of sp³-hybridized carbons (Fsp3) is 0.250. The van der Waals surface area contributed by atoms with Gasteiger partial charge in [-0.25, -0.2) is 0 Å². The largest absolute Gasteiger partial charge is 0.0843 e. The second-order valence-electron chi connectivity index (χ2n) is 4.51. The van der Waals surface area contributed by atoms with Gasteiger partial charge in [0.05, 0.1) is 0 Å². The lowest BCUT2D eigenvalue weighted by Gasteiger charge is -2.18. The van der Waals surface area contributed by atoms with E-state index in [1.54, 1.807) is 0 Å². The van der Waals surface area contributed by atoms with Gasteiger partial charge in [0, 0.05) is 16.0 Å². The van der Waals surface area contributed by atoms with Crippen molar-refractivity contribution in [1.29, 1.82) is 0 Å². The van der Waals surface area contributed by atoms with Crippen LogP contribution >= 0.6 is 23.2 Å². The van der Waals surface area contributed by atoms with E-state index < -0.39 is 0 Å². The normalized spacial score (nSPS) is 12.4. The number of rotatable bonds is 3. The Morgan fingerprint density at radius 2 is 1.56 bits per heavy atom. The molecule has 0 heterocycles. The predicted molar refractivity (Wildman–Crippen MR) is 79.8 cm³/mol. The van der Waals surface area contributed by atoms with E-state index in [-0.39, 0.29) is 0 Å². The molecule has 0 radical (unpaired) electrons. The van der Waals surface area contributed by atoms with Gasteiger partial charge in [-0.1, -0.05) is 48.3 Å². The lowest BCUT2D eigenvalue weighted by molar-refractivity contribution is 0.771. The van der Waals surface area contributed by atoms with E-state index in [4.69, 9.17) is 23.2 Å². The third-order valence-electron chi connectivity index (χ3n) is 3.30. The second-order valence-corrected chi connectivity index (χ2v) is 5.39. The van der Waals surface area contributed by atoms with Crippen LogP contribution in [-0.4, -0.2) is 0 Å². The minimum atomic E-state index is 0.376. The first-order chi connectivity index (χ1) is 8.61. The molecule has 2 aromatic rings. The summed E-state index contributed by atoms with van der Waals surface area (Å²) < 4.78 is 0. The molecule has 0 spiro atoms. The molecule has 1 atom stereocenters. The van der Waals surface area contributed by atoms with Crippen molar-refractivity contribution in [2.45, 2.75) is 26.2 Å². The van der Waals surface area contributed by atoms with Crippen molar-refractivity contribution in [1.82, 2.24) is 0 Å². The summed E-state index contributed by atoms with van der Waals surface area (Å²) in [5, 5.41) is 1.57. The summed E-state index contributed by atoms with van der Waals surface area (Å²) in [4.78, 5) is 0. The van der Waals surface area contributed by atoms with Crippen molar-refractivity contribution in [3.63, 3.8) is 0 Å². The van der Waals surface area contributed by atoms with Gasteiger partial charge in [0.2, 0.25) is 0 Å². The molecule has 0 N–H and O–H groups in total. The lowest BCUT2D eigenvalue weighted by Crippen LogP contribution is -2.02. The molecule has 0 aliphatic rings. The van der Waals surface area contributed by atoms with E-state index in [9.17, 15) is 0 Å². The van der Waals surface area contributed by atoms with Gasteiger partial charge in [0.1, 0.15) is 0 Å². The number of hydrogen-bond donors (Lipinski definition) is 0. The summed E-state index contributed by atoms with van der Waals surface area (Å²) in [5.41, 5.74) is 3.86. The fourth-order valence-corrected chi connectivity index (χ4v) is 2.62. The molecule has 2 aromatic carbocycles. The number of aryl methyl sites for hydroxylation is 1. The monoisotopic (exact) mass is 278 g/mol. The van der Waals surface area contributed by atoms with Gasteiger partial charge in [0.15, 0.2) is 0 Å². The molecule has 0 aliphatic carbocycles. The molecule has 0 fully saturated rings. The molecule has 94 valence electrons. The Balaban J connectivity index is 2.44. The van der Waals surface area contributed by atoms with Crippen LogP contribution in [0.3, 0.4) is 0 Å². The summed E-state index contributed by atoms with van der Waals surface area (Å²) >= 11 is 12.1. The third kappa shape index (κ3) is 2.88. The second kappa shape index (κ2) is 5.77. The van der Waals surface area contributed by atoms with Crippen molar-refractivity contribution in [3.05, 3.63) is 69.2 Å². The van der Waals surface area contributed by atoms with Crippen LogP contribution < -0.4 is 0 Å². The van der Waals surface area contributed by atoms with E-state index in [1.807, 2.05) is 18.2 Å². The van der Waals surface area contributed by atoms with Crippen molar-refractivity contribution < 1.29 is 0 Å². The van der Waals surface area contributed by atoms with E-state index in [0.717, 1.165) is 16.5 Å². The maximum atomic E-state index is 6.11. The van der Waals surface area contributed by atoms with Crippen molar-refractivity contribution in [2.75, 3.05) is 0 Å². The smallest absolute Gasteiger partial charge is 0.0409 e. The molecule has 0 bridgehead atoms. The van der Waals surface area contributed by atoms with Crippen LogP contribution in [0.1, 0.15) is 36.0 Å². The quantitative estimate of drug-likeness (QED) is 0.661. The molecule has 2 heteroatoms. The Bertz CT molecular complexity index is 529. The molecular formula is C16H16Cl2. The van der Waals surface area contributed by atoms with E-state index in [2.05, 4.69) is 38.1 Å². The highest BCUT2D eigenvalue weighted by Gasteiger charge is 2.14. The topological polar surface area (TPSA) is 0 Å². The molecule has 0 nitrogen and oxygen atoms in total. The highest BCUT2D eigenvalue weighted by Crippen LogP contribution is 2.32. The zero-order valence-electron chi connectivity index (χ0n) is 10.6. The molecule has 0 aliphatic heterocycles. The first kappa shape index (κ1) is 13.5. The van der Waals surface area contributed by atoms with E-state index >= 15 is 0 Å². The summed E-state index contributed by atoms with van der Waals surface area (Å²) in [5.74, 6) is 0.376. The Kier molecular flexibility index (Phi) is 4.31. The number of benzene rings is 2. The lowest BCUT2D eigenvalue weighted by atomic mass is 9.87. The Labute approximate surface area is 119 Å². The van der Waals surface area contributed by atoms with Gasteiger partial charge < -0.3 is 0 Å². The third-order valence-corrected chi connectivity index (χ3v) is 3.78. The average molecular weight is 279 g/mol. The van der Waals surface area contributed by atoms with Crippen molar-refractivity contribution in [2.24, 2.45) is 0 Å². The van der Waals surface area contributed by atoms with Gasteiger partial charge in [0.25, 0.3) is 0 Å². The SMILES string of the molecule is CCC(c1ccc(Cl)cc1)c1cc(Cl)ccc1C. The number of hydrogen-bond acceptors (Lipinski definition) is 0. The minimum absolute atomic E-state index is 0.376. The maximum absolute atomic E-state index is 6.11. The fourth-order valence-electron chi connectivity index (χ4n) is 2.32. The highest BCUT2D eigenvalue weighted by atomic mass is 35.5. The van der Waals surface area contributed by atoms with Crippen molar-refractivity contribution in [3.8, 4) is 0 Å². The van der Waals surface area contributed by atoms with E-state index in [1.165, 1.54) is 16.7 Å². The zero-order valence-corrected chi connectivity index (χ0v) is 12.1. The van der Waals surface area contributed by atoms with Crippen molar-refractivity contribution >= 4 is 23.2 Å². The Morgan fingerprint density at radius 1 is 0.944 bits per heavy atom. The molecule has 0 amide bonds. The van der Waals surface area contributed by atoms with Crippen LogP contribution in [0.2, 0.25) is 10.0 Å². The Hall–Kier alpha value is -0.980. The standard InChI is InChI=1S/C16H16Cl2/c1-3-15(12-5-8-13(17)9-6-12)16-10-14(18)7-4-11(16)2/h4-10,15H,3H2,1-2H3. The molecule has 0 saturated carbocycles. The predicted octanol–water partition coefficient (Wildman–Crippen LogP) is 5.84. The van der Waals surface area contributed by atoms with Gasteiger partial charge in [-0.3, -0.25) is 0 Å². The van der Waals surface area contributed by atoms with Crippen LogP contribution in [-0.2, 0) is 0 Å². The molecule has 18 heavy (non-hydrogen) atoms. The number of halogens is 2. The van der Waals surface area contributed by atoms with Crippen LogP contribution in [0.5, 0.6) is 0 Å². The molecule has 0 saturated heterocycles. The van der Waals surface area contributed by atoms with Gasteiger partial charge in [-0.2, -0.15) is 0 Å². The first-order valence-corrected chi connectivity index (χ1v) is 6.89. The molecule has 1 unspecified atom stereocenters. The summed E-state index contributed by atoms with van der Waals surface area (Å²) in [6.45, 7) is 4.32. The van der Waals surface area contributed by atoms with Crippen LogP contribution in [0, 0.1) is 6.92 Å². The maximum Gasteiger partial charge on any atom is 0.0409 e. The van der Waals surface area contributed by atoms with Gasteiger partial charge in [-0.15, -0.1) is 0 Å². The highest BCUT2D eigenvalue weighted by molar-refractivity contribution is 6.30. The molecule has 0 aromatic heterocycles. The van der Waals surface area contributed by atoms with Crippen LogP contribution in [0.25, 0.3) is 0 Å². The Morgan fingerprint density at radius 3 is 2.17 bits per heavy atom. The minimum Gasteiger partial charge on any atom is -0.0843 e. The molecular weight excluding hydrogens is 263 g/mol. The summed E-state index contributed by atoms with van der Waals surface area (Å²) in [7, 11) is 0. The first-order valence-electron chi connectivity index (χ1n) is 6.13. The van der Waals surface area contributed by atoms with Gasteiger partial charge >= 0.3 is 0 Å². The van der Waals surface area contributed by atoms with Crippen LogP contribution in [0.15, 0.2) is 42.5 Å². The summed E-state index contributed by atoms with van der Waals surface area (Å²) in [6, 6.07) is 14.2. The zero-order chi connectivity index (χ0) is 13.1.